The molecule has 1 fully saturated rings. The molecule has 0 amide bonds. The molecule has 1 aromatic carbocycles. The molecule has 1 saturated heterocycles. The predicted molar refractivity (Wildman–Crippen MR) is 116 cm³/mol. The number of aromatic amines is 1. The zero-order chi connectivity index (χ0) is 20.4. The molecule has 7 nitrogen and oxygen atoms in total. The van der Waals surface area contributed by atoms with Gasteiger partial charge in [-0.15, -0.1) is 0 Å². The van der Waals surface area contributed by atoms with Crippen LogP contribution in [0.4, 0.5) is 11.6 Å². The van der Waals surface area contributed by atoms with Crippen LogP contribution in [0.1, 0.15) is 30.3 Å². The van der Waals surface area contributed by atoms with Crippen molar-refractivity contribution < 1.29 is 0 Å². The van der Waals surface area contributed by atoms with Gasteiger partial charge in [0.1, 0.15) is 5.82 Å². The normalized spacial score (nSPS) is 14.8. The van der Waals surface area contributed by atoms with Gasteiger partial charge in [-0.1, -0.05) is 12.1 Å². The van der Waals surface area contributed by atoms with Crippen molar-refractivity contribution in [1.82, 2.24) is 19.9 Å². The van der Waals surface area contributed by atoms with Gasteiger partial charge in [-0.3, -0.25) is 4.79 Å². The SMILES string of the molecule is Cc1nc(C2CCN(c3nccc(-c4ccc(N(C)C)cc4)n3)CC2)cc(=O)[nH]1. The molecule has 0 radical (unpaired) electrons. The number of nitrogens with one attached hydrogen (secondary N) is 1. The first-order chi connectivity index (χ1) is 14.0. The summed E-state index contributed by atoms with van der Waals surface area (Å²) in [5.41, 5.74) is 3.98. The molecule has 1 aliphatic heterocycles. The maximum absolute atomic E-state index is 11.7. The second-order valence-corrected chi connectivity index (χ2v) is 7.70. The van der Waals surface area contributed by atoms with Crippen LogP contribution in [0.15, 0.2) is 47.4 Å². The van der Waals surface area contributed by atoms with Gasteiger partial charge in [-0.05, 0) is 38.0 Å². The molecule has 0 spiro atoms. The molecule has 1 aliphatic rings. The molecule has 4 rings (SSSR count). The number of rotatable bonds is 4. The van der Waals surface area contributed by atoms with E-state index in [0.717, 1.165) is 54.5 Å². The molecular weight excluding hydrogens is 364 g/mol. The van der Waals surface area contributed by atoms with Crippen molar-refractivity contribution in [1.29, 1.82) is 0 Å². The molecule has 0 atom stereocenters. The number of aromatic nitrogens is 4. The summed E-state index contributed by atoms with van der Waals surface area (Å²) < 4.78 is 0. The predicted octanol–water partition coefficient (Wildman–Crippen LogP) is 2.99. The van der Waals surface area contributed by atoms with E-state index in [9.17, 15) is 4.79 Å². The molecule has 0 unspecified atom stereocenters. The Morgan fingerprint density at radius 2 is 1.79 bits per heavy atom. The first-order valence-corrected chi connectivity index (χ1v) is 9.93. The number of hydrogen-bond donors (Lipinski definition) is 1. The Labute approximate surface area is 170 Å². The molecular formula is C22H26N6O. The Morgan fingerprint density at radius 1 is 1.07 bits per heavy atom. The van der Waals surface area contributed by atoms with E-state index in [1.54, 1.807) is 6.07 Å². The zero-order valence-electron chi connectivity index (χ0n) is 17.1. The lowest BCUT2D eigenvalue weighted by Gasteiger charge is -2.31. The lowest BCUT2D eigenvalue weighted by molar-refractivity contribution is 0.489. The van der Waals surface area contributed by atoms with Crippen molar-refractivity contribution in [2.24, 2.45) is 0 Å². The summed E-state index contributed by atoms with van der Waals surface area (Å²) in [6.07, 6.45) is 3.69. The van der Waals surface area contributed by atoms with Crippen LogP contribution in [0, 0.1) is 6.92 Å². The third-order valence-corrected chi connectivity index (χ3v) is 5.40. The summed E-state index contributed by atoms with van der Waals surface area (Å²) in [6, 6.07) is 12.0. The molecule has 0 bridgehead atoms. The second-order valence-electron chi connectivity index (χ2n) is 7.70. The minimum atomic E-state index is -0.0775. The van der Waals surface area contributed by atoms with Crippen molar-refractivity contribution in [3.63, 3.8) is 0 Å². The lowest BCUT2D eigenvalue weighted by Crippen LogP contribution is -2.34. The minimum absolute atomic E-state index is 0.0775. The molecule has 7 heteroatoms. The monoisotopic (exact) mass is 390 g/mol. The van der Waals surface area contributed by atoms with Gasteiger partial charge >= 0.3 is 0 Å². The van der Waals surface area contributed by atoms with Gasteiger partial charge in [0.25, 0.3) is 5.56 Å². The van der Waals surface area contributed by atoms with E-state index in [-0.39, 0.29) is 5.56 Å². The summed E-state index contributed by atoms with van der Waals surface area (Å²) in [4.78, 5) is 32.6. The van der Waals surface area contributed by atoms with Gasteiger partial charge in [0.15, 0.2) is 0 Å². The topological polar surface area (TPSA) is 78.0 Å². The minimum Gasteiger partial charge on any atom is -0.378 e. The molecule has 2 aromatic heterocycles. The van der Waals surface area contributed by atoms with Crippen LogP contribution in [0.2, 0.25) is 0 Å². The van der Waals surface area contributed by atoms with Gasteiger partial charge in [-0.2, -0.15) is 0 Å². The van der Waals surface area contributed by atoms with E-state index in [4.69, 9.17) is 4.98 Å². The third kappa shape index (κ3) is 4.29. The highest BCUT2D eigenvalue weighted by Gasteiger charge is 2.24. The van der Waals surface area contributed by atoms with Crippen LogP contribution >= 0.6 is 0 Å². The zero-order valence-corrected chi connectivity index (χ0v) is 17.1. The largest absolute Gasteiger partial charge is 0.378 e. The Hall–Kier alpha value is -3.22. The number of hydrogen-bond acceptors (Lipinski definition) is 6. The highest BCUT2D eigenvalue weighted by atomic mass is 16.1. The molecule has 3 aromatic rings. The van der Waals surface area contributed by atoms with E-state index in [2.05, 4.69) is 49.0 Å². The summed E-state index contributed by atoms with van der Waals surface area (Å²) in [7, 11) is 4.06. The summed E-state index contributed by atoms with van der Waals surface area (Å²) in [5, 5.41) is 0. The Morgan fingerprint density at radius 3 is 2.45 bits per heavy atom. The van der Waals surface area contributed by atoms with E-state index in [0.29, 0.717) is 11.7 Å². The van der Waals surface area contributed by atoms with Crippen LogP contribution in [0.25, 0.3) is 11.3 Å². The fraction of sp³-hybridized carbons (Fsp3) is 0.364. The molecule has 29 heavy (non-hydrogen) atoms. The van der Waals surface area contributed by atoms with Crippen LogP contribution in [-0.2, 0) is 0 Å². The highest BCUT2D eigenvalue weighted by molar-refractivity contribution is 5.63. The first-order valence-electron chi connectivity index (χ1n) is 9.93. The first kappa shape index (κ1) is 19.1. The molecule has 0 aliphatic carbocycles. The standard InChI is InChI=1S/C22H26N6O/c1-15-24-20(14-21(29)25-15)17-9-12-28(13-10-17)22-23-11-8-19(26-22)16-4-6-18(7-5-16)27(2)3/h4-8,11,14,17H,9-10,12-13H2,1-3H3,(H,24,25,29). The highest BCUT2D eigenvalue weighted by Crippen LogP contribution is 2.28. The summed E-state index contributed by atoms with van der Waals surface area (Å²) >= 11 is 0. The lowest BCUT2D eigenvalue weighted by atomic mass is 9.93. The maximum Gasteiger partial charge on any atom is 0.251 e. The summed E-state index contributed by atoms with van der Waals surface area (Å²) in [6.45, 7) is 3.52. The Balaban J connectivity index is 1.47. The van der Waals surface area contributed by atoms with Crippen LogP contribution < -0.4 is 15.4 Å². The molecule has 0 saturated carbocycles. The molecule has 1 N–H and O–H groups in total. The van der Waals surface area contributed by atoms with Crippen LogP contribution in [-0.4, -0.2) is 47.1 Å². The van der Waals surface area contributed by atoms with Crippen molar-refractivity contribution in [3.05, 3.63) is 64.5 Å². The van der Waals surface area contributed by atoms with Gasteiger partial charge < -0.3 is 14.8 Å². The second kappa shape index (κ2) is 8.03. The third-order valence-electron chi connectivity index (χ3n) is 5.40. The van der Waals surface area contributed by atoms with Gasteiger partial charge in [0.05, 0.1) is 11.4 Å². The van der Waals surface area contributed by atoms with Crippen LogP contribution in [0.5, 0.6) is 0 Å². The smallest absolute Gasteiger partial charge is 0.251 e. The number of benzene rings is 1. The van der Waals surface area contributed by atoms with Gasteiger partial charge in [0.2, 0.25) is 5.95 Å². The van der Waals surface area contributed by atoms with Gasteiger partial charge in [0, 0.05) is 56.6 Å². The molecule has 3 heterocycles. The quantitative estimate of drug-likeness (QED) is 0.738. The average molecular weight is 390 g/mol. The Kier molecular flexibility index (Phi) is 5.29. The maximum atomic E-state index is 11.7. The van der Waals surface area contributed by atoms with Crippen molar-refractivity contribution in [3.8, 4) is 11.3 Å². The van der Waals surface area contributed by atoms with E-state index in [1.807, 2.05) is 33.3 Å². The fourth-order valence-electron chi connectivity index (χ4n) is 3.78. The van der Waals surface area contributed by atoms with Crippen LogP contribution in [0.3, 0.4) is 0 Å². The number of aryl methyl sites for hydroxylation is 1. The Bertz CT molecular complexity index is 1040. The van der Waals surface area contributed by atoms with Crippen molar-refractivity contribution in [2.75, 3.05) is 37.0 Å². The summed E-state index contributed by atoms with van der Waals surface area (Å²) in [5.74, 6) is 1.73. The van der Waals surface area contributed by atoms with E-state index in [1.165, 1.54) is 0 Å². The van der Waals surface area contributed by atoms with E-state index < -0.39 is 0 Å². The number of nitrogens with zero attached hydrogens (tertiary/aromatic N) is 5. The number of H-pyrrole nitrogens is 1. The number of anilines is 2. The molecule has 150 valence electrons. The number of piperidine rings is 1. The fourth-order valence-corrected chi connectivity index (χ4v) is 3.78. The van der Waals surface area contributed by atoms with Gasteiger partial charge in [-0.25, -0.2) is 15.0 Å². The van der Waals surface area contributed by atoms with Crippen molar-refractivity contribution in [2.45, 2.75) is 25.7 Å². The van der Waals surface area contributed by atoms with E-state index >= 15 is 0 Å². The average Bonchev–Trinajstić information content (AvgIpc) is 2.73. The van der Waals surface area contributed by atoms with Crippen molar-refractivity contribution >= 4 is 11.6 Å².